The van der Waals surface area contributed by atoms with Crippen LogP contribution in [0.4, 0.5) is 10.5 Å². The smallest absolute Gasteiger partial charge is 0.318 e. The van der Waals surface area contributed by atoms with Crippen molar-refractivity contribution in [2.45, 2.75) is 6.92 Å². The van der Waals surface area contributed by atoms with Gasteiger partial charge < -0.3 is 10.1 Å². The van der Waals surface area contributed by atoms with Crippen LogP contribution in [0.5, 0.6) is 5.75 Å². The first-order chi connectivity index (χ1) is 6.24. The molecule has 1 aromatic carbocycles. The maximum Gasteiger partial charge on any atom is 0.318 e. The number of hydrogen-bond acceptors (Lipinski definition) is 2. The molecule has 0 heterocycles. The van der Waals surface area contributed by atoms with Crippen LogP contribution in [0.3, 0.4) is 0 Å². The fourth-order valence-electron chi connectivity index (χ4n) is 0.957. The molecule has 0 aliphatic carbocycles. The maximum absolute atomic E-state index is 10.6. The van der Waals surface area contributed by atoms with E-state index in [2.05, 4.69) is 5.32 Å². The van der Waals surface area contributed by atoms with E-state index in [1.807, 2.05) is 13.0 Å². The molecule has 0 unspecified atom stereocenters. The molecule has 0 spiro atoms. The predicted molar refractivity (Wildman–Crippen MR) is 52.5 cm³/mol. The first kappa shape index (κ1) is 9.86. The van der Waals surface area contributed by atoms with Crippen LogP contribution in [-0.2, 0) is 0 Å². The van der Waals surface area contributed by atoms with Crippen LogP contribution in [0, 0.1) is 0 Å². The van der Waals surface area contributed by atoms with Crippen LogP contribution in [-0.4, -0.2) is 12.0 Å². The van der Waals surface area contributed by atoms with E-state index < -0.39 is 5.37 Å². The zero-order chi connectivity index (χ0) is 9.68. The summed E-state index contributed by atoms with van der Waals surface area (Å²) in [6.07, 6.45) is 0. The zero-order valence-corrected chi connectivity index (χ0v) is 7.97. The Balaban J connectivity index is 2.84. The number of ether oxygens (including phenoxy) is 1. The summed E-state index contributed by atoms with van der Waals surface area (Å²) in [4.78, 5) is 10.6. The summed E-state index contributed by atoms with van der Waals surface area (Å²) in [5.41, 5.74) is 0.587. The number of para-hydroxylation sites is 2. The molecule has 70 valence electrons. The maximum atomic E-state index is 10.6. The highest BCUT2D eigenvalue weighted by Gasteiger charge is 2.03. The molecule has 0 bridgehead atoms. The van der Waals surface area contributed by atoms with Crippen LogP contribution in [0.1, 0.15) is 6.92 Å². The molecular formula is C9H10ClNO2. The van der Waals surface area contributed by atoms with E-state index in [1.54, 1.807) is 18.2 Å². The minimum absolute atomic E-state index is 0.551. The molecule has 0 saturated carbocycles. The molecule has 0 aliphatic heterocycles. The average molecular weight is 200 g/mol. The summed E-state index contributed by atoms with van der Waals surface area (Å²) < 4.78 is 5.26. The Labute approximate surface area is 81.7 Å². The molecule has 0 aliphatic rings. The molecule has 0 aromatic heterocycles. The molecular weight excluding hydrogens is 190 g/mol. The van der Waals surface area contributed by atoms with Crippen molar-refractivity contribution in [3.63, 3.8) is 0 Å². The molecule has 0 atom stereocenters. The number of carbonyl (C=O) groups excluding carboxylic acids is 1. The van der Waals surface area contributed by atoms with Gasteiger partial charge >= 0.3 is 5.37 Å². The van der Waals surface area contributed by atoms with Crippen molar-refractivity contribution < 1.29 is 9.53 Å². The van der Waals surface area contributed by atoms with E-state index in [1.165, 1.54) is 0 Å². The highest BCUT2D eigenvalue weighted by molar-refractivity contribution is 6.65. The standard InChI is InChI=1S/C9H10ClNO2/c1-2-13-8-6-4-3-5-7(8)11-9(10)12/h3-6H,2H2,1H3,(H,11,12). The van der Waals surface area contributed by atoms with Gasteiger partial charge in [-0.15, -0.1) is 0 Å². The van der Waals surface area contributed by atoms with Gasteiger partial charge in [-0.2, -0.15) is 0 Å². The fraction of sp³-hybridized carbons (Fsp3) is 0.222. The van der Waals surface area contributed by atoms with Gasteiger partial charge in [-0.1, -0.05) is 12.1 Å². The number of hydrogen-bond donors (Lipinski definition) is 1. The third-order valence-electron chi connectivity index (χ3n) is 1.42. The van der Waals surface area contributed by atoms with Gasteiger partial charge in [0.1, 0.15) is 5.75 Å². The second-order valence-corrected chi connectivity index (χ2v) is 2.67. The molecule has 1 rings (SSSR count). The van der Waals surface area contributed by atoms with E-state index in [4.69, 9.17) is 16.3 Å². The van der Waals surface area contributed by atoms with Crippen molar-refractivity contribution in [2.75, 3.05) is 11.9 Å². The van der Waals surface area contributed by atoms with Crippen LogP contribution >= 0.6 is 11.6 Å². The Bertz CT molecular complexity index is 301. The van der Waals surface area contributed by atoms with Gasteiger partial charge in [0.2, 0.25) is 0 Å². The van der Waals surface area contributed by atoms with E-state index in [9.17, 15) is 4.79 Å². The first-order valence-electron chi connectivity index (χ1n) is 3.92. The second kappa shape index (κ2) is 4.72. The monoisotopic (exact) mass is 199 g/mol. The minimum Gasteiger partial charge on any atom is -0.492 e. The third kappa shape index (κ3) is 2.95. The van der Waals surface area contributed by atoms with Crippen molar-refractivity contribution in [2.24, 2.45) is 0 Å². The number of amides is 1. The molecule has 4 heteroatoms. The highest BCUT2D eigenvalue weighted by atomic mass is 35.5. The SMILES string of the molecule is CCOc1ccccc1NC(=O)Cl. The zero-order valence-electron chi connectivity index (χ0n) is 7.21. The lowest BCUT2D eigenvalue weighted by atomic mass is 10.3. The van der Waals surface area contributed by atoms with Crippen molar-refractivity contribution in [1.82, 2.24) is 0 Å². The number of halogens is 1. The quantitative estimate of drug-likeness (QED) is 0.601. The van der Waals surface area contributed by atoms with Crippen LogP contribution in [0.25, 0.3) is 0 Å². The van der Waals surface area contributed by atoms with Crippen LogP contribution in [0.15, 0.2) is 24.3 Å². The Kier molecular flexibility index (Phi) is 3.58. The molecule has 1 N–H and O–H groups in total. The molecule has 13 heavy (non-hydrogen) atoms. The van der Waals surface area contributed by atoms with Gasteiger partial charge in [0.05, 0.1) is 12.3 Å². The number of benzene rings is 1. The number of nitrogens with one attached hydrogen (secondary N) is 1. The van der Waals surface area contributed by atoms with Gasteiger partial charge in [-0.25, -0.2) is 0 Å². The van der Waals surface area contributed by atoms with E-state index in [0.29, 0.717) is 18.0 Å². The van der Waals surface area contributed by atoms with Crippen molar-refractivity contribution >= 4 is 22.7 Å². The fourth-order valence-corrected chi connectivity index (χ4v) is 1.06. The van der Waals surface area contributed by atoms with Crippen molar-refractivity contribution in [1.29, 1.82) is 0 Å². The van der Waals surface area contributed by atoms with E-state index in [0.717, 1.165) is 0 Å². The number of carbonyl (C=O) groups is 1. The van der Waals surface area contributed by atoms with E-state index in [-0.39, 0.29) is 0 Å². The summed E-state index contributed by atoms with van der Waals surface area (Å²) in [7, 11) is 0. The van der Waals surface area contributed by atoms with Crippen molar-refractivity contribution in [3.05, 3.63) is 24.3 Å². The lowest BCUT2D eigenvalue weighted by molar-refractivity contribution is 0.268. The second-order valence-electron chi connectivity index (χ2n) is 2.33. The summed E-state index contributed by atoms with van der Waals surface area (Å²) in [5.74, 6) is 0.624. The van der Waals surface area contributed by atoms with Gasteiger partial charge in [0, 0.05) is 0 Å². The molecule has 1 amide bonds. The summed E-state index contributed by atoms with van der Waals surface area (Å²) in [6.45, 7) is 2.43. The topological polar surface area (TPSA) is 38.3 Å². The Morgan fingerprint density at radius 2 is 2.23 bits per heavy atom. The molecule has 0 radical (unpaired) electrons. The first-order valence-corrected chi connectivity index (χ1v) is 4.30. The lowest BCUT2D eigenvalue weighted by Gasteiger charge is -2.08. The lowest BCUT2D eigenvalue weighted by Crippen LogP contribution is -2.03. The van der Waals surface area contributed by atoms with E-state index >= 15 is 0 Å². The predicted octanol–water partition coefficient (Wildman–Crippen LogP) is 2.86. The molecule has 1 aromatic rings. The molecule has 3 nitrogen and oxygen atoms in total. The number of anilines is 1. The minimum atomic E-state index is -0.618. The Hall–Kier alpha value is -1.22. The van der Waals surface area contributed by atoms with Gasteiger partial charge in [0.15, 0.2) is 0 Å². The highest BCUT2D eigenvalue weighted by Crippen LogP contribution is 2.23. The Morgan fingerprint density at radius 3 is 2.85 bits per heavy atom. The van der Waals surface area contributed by atoms with Crippen LogP contribution < -0.4 is 10.1 Å². The van der Waals surface area contributed by atoms with Gasteiger partial charge in [-0.3, -0.25) is 4.79 Å². The average Bonchev–Trinajstić information content (AvgIpc) is 2.08. The number of rotatable bonds is 3. The molecule has 0 saturated heterocycles. The summed E-state index contributed by atoms with van der Waals surface area (Å²) in [5, 5.41) is 1.84. The molecule has 0 fully saturated rings. The summed E-state index contributed by atoms with van der Waals surface area (Å²) in [6, 6.07) is 7.12. The third-order valence-corrected chi connectivity index (χ3v) is 1.51. The Morgan fingerprint density at radius 1 is 1.54 bits per heavy atom. The summed E-state index contributed by atoms with van der Waals surface area (Å²) >= 11 is 5.18. The van der Waals surface area contributed by atoms with Gasteiger partial charge in [-0.05, 0) is 30.7 Å². The normalized spacial score (nSPS) is 9.38. The van der Waals surface area contributed by atoms with Crippen molar-refractivity contribution in [3.8, 4) is 5.75 Å². The van der Waals surface area contributed by atoms with Gasteiger partial charge in [0.25, 0.3) is 0 Å². The van der Waals surface area contributed by atoms with Crippen LogP contribution in [0.2, 0.25) is 0 Å². The largest absolute Gasteiger partial charge is 0.492 e.